The Morgan fingerprint density at radius 3 is 2.38 bits per heavy atom. The Morgan fingerprint density at radius 1 is 1.10 bits per heavy atom. The van der Waals surface area contributed by atoms with Gasteiger partial charge in [-0.2, -0.15) is 0 Å². The van der Waals surface area contributed by atoms with Crippen LogP contribution in [-0.2, 0) is 9.53 Å². The Bertz CT molecular complexity index is 966. The van der Waals surface area contributed by atoms with Crippen molar-refractivity contribution in [2.75, 3.05) is 18.5 Å². The van der Waals surface area contributed by atoms with Crippen LogP contribution in [0.15, 0.2) is 36.4 Å². The van der Waals surface area contributed by atoms with Gasteiger partial charge in [0.2, 0.25) is 5.91 Å². The second-order valence-electron chi connectivity index (χ2n) is 6.67. The SMILES string of the molecule is Cl.Cl.NC1(C(=O)Nc2ccc(-c3nc4cc(F)c(F)cc4[nH]3)cc2)CCOCC1. The first kappa shape index (κ1) is 23.0. The Kier molecular flexibility index (Phi) is 7.18. The van der Waals surface area contributed by atoms with Crippen LogP contribution in [0.2, 0.25) is 0 Å². The first-order valence-electron chi connectivity index (χ1n) is 8.58. The number of fused-ring (bicyclic) bond motifs is 1. The molecule has 1 aromatic heterocycles. The number of carbonyl (C=O) groups is 1. The fourth-order valence-electron chi connectivity index (χ4n) is 3.07. The quantitative estimate of drug-likeness (QED) is 0.572. The van der Waals surface area contributed by atoms with Crippen molar-refractivity contribution in [3.05, 3.63) is 48.0 Å². The second-order valence-corrected chi connectivity index (χ2v) is 6.67. The Labute approximate surface area is 178 Å². The van der Waals surface area contributed by atoms with E-state index in [1.807, 2.05) is 0 Å². The summed E-state index contributed by atoms with van der Waals surface area (Å²) in [5, 5.41) is 2.82. The van der Waals surface area contributed by atoms with Crippen molar-refractivity contribution in [2.24, 2.45) is 5.73 Å². The van der Waals surface area contributed by atoms with E-state index in [1.165, 1.54) is 0 Å². The van der Waals surface area contributed by atoms with Crippen LogP contribution < -0.4 is 11.1 Å². The summed E-state index contributed by atoms with van der Waals surface area (Å²) >= 11 is 0. The van der Waals surface area contributed by atoms with E-state index >= 15 is 0 Å². The highest BCUT2D eigenvalue weighted by atomic mass is 35.5. The number of anilines is 1. The molecule has 156 valence electrons. The van der Waals surface area contributed by atoms with E-state index < -0.39 is 17.2 Å². The number of ether oxygens (including phenoxy) is 1. The summed E-state index contributed by atoms with van der Waals surface area (Å²) in [6.45, 7) is 0.937. The number of nitrogens with one attached hydrogen (secondary N) is 2. The average Bonchev–Trinajstić information content (AvgIpc) is 3.06. The first-order chi connectivity index (χ1) is 12.9. The van der Waals surface area contributed by atoms with Crippen LogP contribution in [-0.4, -0.2) is 34.6 Å². The number of nitrogens with two attached hydrogens (primary N) is 1. The third-order valence-corrected chi connectivity index (χ3v) is 4.78. The predicted octanol–water partition coefficient (Wildman–Crippen LogP) is 3.80. The molecule has 0 spiro atoms. The molecule has 6 nitrogen and oxygen atoms in total. The molecule has 29 heavy (non-hydrogen) atoms. The van der Waals surface area contributed by atoms with Crippen LogP contribution in [0, 0.1) is 11.6 Å². The number of carbonyl (C=O) groups excluding carboxylic acids is 1. The number of imidazole rings is 1. The molecular formula is C19H20Cl2F2N4O2. The zero-order chi connectivity index (χ0) is 19.0. The van der Waals surface area contributed by atoms with Crippen molar-refractivity contribution in [1.82, 2.24) is 9.97 Å². The minimum atomic E-state index is -0.942. The standard InChI is InChI=1S/C19H18F2N4O2.2ClH/c20-13-9-15-16(10-14(13)21)25-17(24-15)11-1-3-12(4-2-11)23-18(26)19(22)5-7-27-8-6-19;;/h1-4,9-10H,5-8,22H2,(H,23,26)(H,24,25);2*1H. The average molecular weight is 445 g/mol. The monoisotopic (exact) mass is 444 g/mol. The minimum Gasteiger partial charge on any atom is -0.381 e. The van der Waals surface area contributed by atoms with Gasteiger partial charge in [-0.25, -0.2) is 13.8 Å². The number of nitrogens with zero attached hydrogens (tertiary/aromatic N) is 1. The summed E-state index contributed by atoms with van der Waals surface area (Å²) in [6, 6.07) is 9.09. The van der Waals surface area contributed by atoms with Crippen molar-refractivity contribution >= 4 is 47.4 Å². The molecule has 4 rings (SSSR count). The maximum absolute atomic E-state index is 13.3. The summed E-state index contributed by atoms with van der Waals surface area (Å²) in [5.74, 6) is -1.64. The normalized spacial score (nSPS) is 15.3. The molecule has 1 aliphatic rings. The van der Waals surface area contributed by atoms with E-state index in [2.05, 4.69) is 15.3 Å². The van der Waals surface area contributed by atoms with Gasteiger partial charge < -0.3 is 20.8 Å². The fourth-order valence-corrected chi connectivity index (χ4v) is 3.07. The molecule has 0 unspecified atom stereocenters. The number of benzene rings is 2. The Morgan fingerprint density at radius 2 is 1.72 bits per heavy atom. The van der Waals surface area contributed by atoms with Gasteiger partial charge in [-0.05, 0) is 37.1 Å². The third kappa shape index (κ3) is 4.67. The lowest BCUT2D eigenvalue weighted by Crippen LogP contribution is -2.54. The number of hydrogen-bond donors (Lipinski definition) is 3. The highest BCUT2D eigenvalue weighted by Crippen LogP contribution is 2.25. The molecule has 0 saturated carbocycles. The third-order valence-electron chi connectivity index (χ3n) is 4.78. The number of amides is 1. The van der Waals surface area contributed by atoms with Crippen LogP contribution in [0.4, 0.5) is 14.5 Å². The van der Waals surface area contributed by atoms with Crippen LogP contribution in [0.5, 0.6) is 0 Å². The maximum Gasteiger partial charge on any atom is 0.244 e. The molecule has 2 aromatic carbocycles. The van der Waals surface area contributed by atoms with Gasteiger partial charge in [0, 0.05) is 36.6 Å². The van der Waals surface area contributed by atoms with Crippen molar-refractivity contribution in [1.29, 1.82) is 0 Å². The van der Waals surface area contributed by atoms with E-state index in [0.717, 1.165) is 17.7 Å². The van der Waals surface area contributed by atoms with Crippen molar-refractivity contribution in [3.63, 3.8) is 0 Å². The van der Waals surface area contributed by atoms with Gasteiger partial charge in [0.15, 0.2) is 11.6 Å². The molecule has 1 saturated heterocycles. The zero-order valence-electron chi connectivity index (χ0n) is 15.2. The zero-order valence-corrected chi connectivity index (χ0v) is 16.8. The number of halogens is 4. The summed E-state index contributed by atoms with van der Waals surface area (Å²) in [7, 11) is 0. The number of hydrogen-bond acceptors (Lipinski definition) is 4. The van der Waals surface area contributed by atoms with Gasteiger partial charge in [0.1, 0.15) is 11.4 Å². The van der Waals surface area contributed by atoms with Gasteiger partial charge in [-0.1, -0.05) is 0 Å². The largest absolute Gasteiger partial charge is 0.381 e. The minimum absolute atomic E-state index is 0. The van der Waals surface area contributed by atoms with E-state index in [0.29, 0.717) is 48.6 Å². The van der Waals surface area contributed by atoms with Crippen LogP contribution in [0.1, 0.15) is 12.8 Å². The Hall–Kier alpha value is -2.26. The van der Waals surface area contributed by atoms with E-state index in [-0.39, 0.29) is 30.7 Å². The molecule has 1 aliphatic heterocycles. The highest BCUT2D eigenvalue weighted by molar-refractivity contribution is 5.98. The fraction of sp³-hybridized carbons (Fsp3) is 0.263. The molecule has 2 heterocycles. The Balaban J connectivity index is 0.00000150. The van der Waals surface area contributed by atoms with Gasteiger partial charge in [0.25, 0.3) is 0 Å². The smallest absolute Gasteiger partial charge is 0.244 e. The topological polar surface area (TPSA) is 93.0 Å². The molecule has 1 amide bonds. The highest BCUT2D eigenvalue weighted by Gasteiger charge is 2.35. The van der Waals surface area contributed by atoms with Crippen molar-refractivity contribution in [3.8, 4) is 11.4 Å². The molecule has 10 heteroatoms. The number of H-pyrrole nitrogens is 1. The maximum atomic E-state index is 13.3. The molecule has 4 N–H and O–H groups in total. The summed E-state index contributed by atoms with van der Waals surface area (Å²) < 4.78 is 31.9. The lowest BCUT2D eigenvalue weighted by Gasteiger charge is -2.31. The predicted molar refractivity (Wildman–Crippen MR) is 112 cm³/mol. The first-order valence-corrected chi connectivity index (χ1v) is 8.58. The van der Waals surface area contributed by atoms with Crippen LogP contribution in [0.25, 0.3) is 22.4 Å². The van der Waals surface area contributed by atoms with Crippen LogP contribution >= 0.6 is 24.8 Å². The van der Waals surface area contributed by atoms with E-state index in [1.54, 1.807) is 24.3 Å². The summed E-state index contributed by atoms with van der Waals surface area (Å²) in [5.41, 5.74) is 7.32. The number of rotatable bonds is 3. The lowest BCUT2D eigenvalue weighted by atomic mass is 9.90. The van der Waals surface area contributed by atoms with Gasteiger partial charge in [-0.3, -0.25) is 4.79 Å². The molecule has 0 aliphatic carbocycles. The molecule has 0 radical (unpaired) electrons. The van der Waals surface area contributed by atoms with E-state index in [9.17, 15) is 13.6 Å². The second kappa shape index (κ2) is 9.04. The summed E-state index contributed by atoms with van der Waals surface area (Å²) in [4.78, 5) is 19.7. The summed E-state index contributed by atoms with van der Waals surface area (Å²) in [6.07, 6.45) is 0.950. The van der Waals surface area contributed by atoms with Gasteiger partial charge in [0.05, 0.1) is 11.0 Å². The van der Waals surface area contributed by atoms with Gasteiger partial charge in [-0.15, -0.1) is 24.8 Å². The molecular weight excluding hydrogens is 425 g/mol. The van der Waals surface area contributed by atoms with E-state index in [4.69, 9.17) is 10.5 Å². The molecule has 3 aromatic rings. The molecule has 0 bridgehead atoms. The molecule has 1 fully saturated rings. The van der Waals surface area contributed by atoms with Crippen molar-refractivity contribution < 1.29 is 18.3 Å². The van der Waals surface area contributed by atoms with Crippen LogP contribution in [0.3, 0.4) is 0 Å². The number of aromatic amines is 1. The number of aromatic nitrogens is 2. The molecule has 0 atom stereocenters. The van der Waals surface area contributed by atoms with Gasteiger partial charge >= 0.3 is 0 Å². The lowest BCUT2D eigenvalue weighted by molar-refractivity contribution is -0.124. The van der Waals surface area contributed by atoms with Crippen molar-refractivity contribution in [2.45, 2.75) is 18.4 Å².